The standard InChI is InChI=1S/C15H14N2O2S.C3H7NO/c16-14(19)11-10-7-6-9(8-4-2-1-3-5-8)12(18)13(10)20-15(11)17;1-2-3(4)5/h1-5,9H,6-7,17H2,(H2,16,19);2H2,1H3,(H2,4,5). The van der Waals surface area contributed by atoms with Gasteiger partial charge in [-0.05, 0) is 24.0 Å². The SMILES string of the molecule is CCC(N)=O.NC(=O)c1c(N)sc2c1CCC(c1ccccc1)C2=O. The molecule has 1 aliphatic carbocycles. The van der Waals surface area contributed by atoms with Gasteiger partial charge in [-0.1, -0.05) is 37.3 Å². The van der Waals surface area contributed by atoms with Crippen LogP contribution in [-0.4, -0.2) is 17.6 Å². The van der Waals surface area contributed by atoms with Gasteiger partial charge in [0, 0.05) is 12.3 Å². The van der Waals surface area contributed by atoms with Gasteiger partial charge in [-0.2, -0.15) is 0 Å². The molecule has 0 spiro atoms. The van der Waals surface area contributed by atoms with E-state index in [1.807, 2.05) is 30.3 Å². The number of benzene rings is 1. The van der Waals surface area contributed by atoms with E-state index in [0.717, 1.165) is 11.1 Å². The lowest BCUT2D eigenvalue weighted by molar-refractivity contribution is -0.117. The predicted molar refractivity (Wildman–Crippen MR) is 98.6 cm³/mol. The van der Waals surface area contributed by atoms with Crippen LogP contribution < -0.4 is 17.2 Å². The van der Waals surface area contributed by atoms with E-state index in [0.29, 0.717) is 34.7 Å². The molecule has 7 heteroatoms. The van der Waals surface area contributed by atoms with Crippen LogP contribution in [0.1, 0.15) is 56.8 Å². The lowest BCUT2D eigenvalue weighted by atomic mass is 9.82. The molecule has 0 bridgehead atoms. The van der Waals surface area contributed by atoms with E-state index in [1.165, 1.54) is 11.3 Å². The summed E-state index contributed by atoms with van der Waals surface area (Å²) in [7, 11) is 0. The third kappa shape index (κ3) is 4.06. The normalized spacial score (nSPS) is 15.7. The van der Waals surface area contributed by atoms with Crippen molar-refractivity contribution in [1.29, 1.82) is 0 Å². The molecule has 0 radical (unpaired) electrons. The van der Waals surface area contributed by atoms with E-state index >= 15 is 0 Å². The number of fused-ring (bicyclic) bond motifs is 1. The smallest absolute Gasteiger partial charge is 0.251 e. The molecule has 2 amide bonds. The fourth-order valence-electron chi connectivity index (χ4n) is 2.77. The maximum absolute atomic E-state index is 12.6. The molecule has 1 aromatic carbocycles. The van der Waals surface area contributed by atoms with Gasteiger partial charge < -0.3 is 17.2 Å². The number of hydrogen-bond acceptors (Lipinski definition) is 5. The van der Waals surface area contributed by atoms with Crippen LogP contribution in [0.2, 0.25) is 0 Å². The van der Waals surface area contributed by atoms with Crippen LogP contribution in [0.15, 0.2) is 30.3 Å². The molecule has 1 unspecified atom stereocenters. The predicted octanol–water partition coefficient (Wildman–Crippen LogP) is 2.22. The van der Waals surface area contributed by atoms with Crippen LogP contribution in [0.5, 0.6) is 0 Å². The second-order valence-corrected chi connectivity index (χ2v) is 6.75. The second-order valence-electron chi connectivity index (χ2n) is 5.70. The summed E-state index contributed by atoms with van der Waals surface area (Å²) in [6.45, 7) is 1.72. The molecule has 0 saturated heterocycles. The Hall–Kier alpha value is -2.67. The van der Waals surface area contributed by atoms with Crippen LogP contribution >= 0.6 is 11.3 Å². The average molecular weight is 359 g/mol. The van der Waals surface area contributed by atoms with Crippen molar-refractivity contribution in [2.24, 2.45) is 11.5 Å². The lowest BCUT2D eigenvalue weighted by Gasteiger charge is -2.21. The summed E-state index contributed by atoms with van der Waals surface area (Å²) in [6.07, 6.45) is 1.79. The zero-order valence-corrected chi connectivity index (χ0v) is 14.8. The van der Waals surface area contributed by atoms with Crippen LogP contribution in [0.3, 0.4) is 0 Å². The fraction of sp³-hybridized carbons (Fsp3) is 0.278. The van der Waals surface area contributed by atoms with Gasteiger partial charge in [0.25, 0.3) is 5.91 Å². The summed E-state index contributed by atoms with van der Waals surface area (Å²) < 4.78 is 0. The number of amides is 2. The topological polar surface area (TPSA) is 129 Å². The molecule has 1 atom stereocenters. The van der Waals surface area contributed by atoms with Gasteiger partial charge in [0.05, 0.1) is 15.4 Å². The summed E-state index contributed by atoms with van der Waals surface area (Å²) in [6, 6.07) is 9.70. The number of thiophene rings is 1. The third-order valence-corrected chi connectivity index (χ3v) is 5.13. The highest BCUT2D eigenvalue weighted by Crippen LogP contribution is 2.40. The molecule has 6 nitrogen and oxygen atoms in total. The van der Waals surface area contributed by atoms with Crippen LogP contribution in [-0.2, 0) is 11.2 Å². The molecule has 6 N–H and O–H groups in total. The van der Waals surface area contributed by atoms with Gasteiger partial charge >= 0.3 is 0 Å². The highest BCUT2D eigenvalue weighted by Gasteiger charge is 2.34. The Morgan fingerprint density at radius 3 is 2.32 bits per heavy atom. The highest BCUT2D eigenvalue weighted by atomic mass is 32.1. The van der Waals surface area contributed by atoms with Gasteiger partial charge in [0.15, 0.2) is 5.78 Å². The second kappa shape index (κ2) is 7.94. The number of rotatable bonds is 3. The monoisotopic (exact) mass is 359 g/mol. The number of hydrogen-bond donors (Lipinski definition) is 3. The quantitative estimate of drug-likeness (QED) is 0.776. The van der Waals surface area contributed by atoms with Gasteiger partial charge in [-0.15, -0.1) is 11.3 Å². The largest absolute Gasteiger partial charge is 0.390 e. The summed E-state index contributed by atoms with van der Waals surface area (Å²) in [5, 5.41) is 0.351. The zero-order chi connectivity index (χ0) is 18.6. The maximum atomic E-state index is 12.6. The van der Waals surface area contributed by atoms with Crippen LogP contribution in [0.4, 0.5) is 5.00 Å². The Morgan fingerprint density at radius 2 is 1.80 bits per heavy atom. The molecule has 3 rings (SSSR count). The third-order valence-electron chi connectivity index (χ3n) is 4.05. The van der Waals surface area contributed by atoms with Crippen molar-refractivity contribution >= 4 is 33.9 Å². The number of carbonyl (C=O) groups is 3. The first-order valence-electron chi connectivity index (χ1n) is 7.95. The van der Waals surface area contributed by atoms with Crippen molar-refractivity contribution in [2.75, 3.05) is 5.73 Å². The van der Waals surface area contributed by atoms with E-state index < -0.39 is 5.91 Å². The molecule has 0 saturated carbocycles. The number of Topliss-reactive ketones (excluding diaryl/α,β-unsaturated/α-hetero) is 1. The Balaban J connectivity index is 0.000000399. The fourth-order valence-corrected chi connectivity index (χ4v) is 3.89. The van der Waals surface area contributed by atoms with Gasteiger partial charge in [-0.3, -0.25) is 14.4 Å². The molecular weight excluding hydrogens is 338 g/mol. The van der Waals surface area contributed by atoms with Crippen molar-refractivity contribution in [3.05, 3.63) is 51.9 Å². The number of nitrogens with two attached hydrogens (primary N) is 3. The number of anilines is 1. The Kier molecular flexibility index (Phi) is 5.93. The van der Waals surface area contributed by atoms with E-state index in [4.69, 9.17) is 11.5 Å². The molecule has 0 aliphatic heterocycles. The van der Waals surface area contributed by atoms with Crippen LogP contribution in [0.25, 0.3) is 0 Å². The number of nitrogen functional groups attached to an aromatic ring is 1. The van der Waals surface area contributed by atoms with Crippen molar-refractivity contribution in [2.45, 2.75) is 32.1 Å². The lowest BCUT2D eigenvalue weighted by Crippen LogP contribution is -2.22. The first-order valence-corrected chi connectivity index (χ1v) is 8.76. The van der Waals surface area contributed by atoms with E-state index in [9.17, 15) is 14.4 Å². The number of ketones is 1. The van der Waals surface area contributed by atoms with Crippen LogP contribution in [0, 0.1) is 0 Å². The maximum Gasteiger partial charge on any atom is 0.251 e. The Bertz CT molecular complexity index is 799. The number of carbonyl (C=O) groups excluding carboxylic acids is 3. The molecule has 1 heterocycles. The Morgan fingerprint density at radius 1 is 1.20 bits per heavy atom. The van der Waals surface area contributed by atoms with Gasteiger partial charge in [0.2, 0.25) is 5.91 Å². The minimum atomic E-state index is -0.550. The van der Waals surface area contributed by atoms with E-state index in [-0.39, 0.29) is 17.6 Å². The molecular formula is C18H21N3O3S. The highest BCUT2D eigenvalue weighted by molar-refractivity contribution is 7.18. The summed E-state index contributed by atoms with van der Waals surface area (Å²) >= 11 is 1.18. The Labute approximate surface area is 150 Å². The van der Waals surface area contributed by atoms with Crippen molar-refractivity contribution in [3.63, 3.8) is 0 Å². The molecule has 1 aliphatic rings. The molecule has 132 valence electrons. The van der Waals surface area contributed by atoms with Crippen molar-refractivity contribution in [3.8, 4) is 0 Å². The van der Waals surface area contributed by atoms with Gasteiger partial charge in [0.1, 0.15) is 0 Å². The minimum Gasteiger partial charge on any atom is -0.390 e. The summed E-state index contributed by atoms with van der Waals surface area (Å²) in [4.78, 5) is 34.2. The molecule has 25 heavy (non-hydrogen) atoms. The molecule has 2 aromatic rings. The summed E-state index contributed by atoms with van der Waals surface area (Å²) in [5.41, 5.74) is 17.9. The first-order chi connectivity index (χ1) is 11.9. The minimum absolute atomic E-state index is 0.0432. The first kappa shape index (κ1) is 18.7. The molecule has 0 fully saturated rings. The van der Waals surface area contributed by atoms with Gasteiger partial charge in [-0.25, -0.2) is 0 Å². The van der Waals surface area contributed by atoms with E-state index in [2.05, 4.69) is 5.73 Å². The zero-order valence-electron chi connectivity index (χ0n) is 14.0. The summed E-state index contributed by atoms with van der Waals surface area (Å²) in [5.74, 6) is -0.903. The average Bonchev–Trinajstić information content (AvgIpc) is 2.93. The van der Waals surface area contributed by atoms with Crippen molar-refractivity contribution < 1.29 is 14.4 Å². The molecule has 1 aromatic heterocycles. The van der Waals surface area contributed by atoms with Crippen molar-refractivity contribution in [1.82, 2.24) is 0 Å². The van der Waals surface area contributed by atoms with E-state index in [1.54, 1.807) is 6.92 Å². The number of primary amides is 2.